The van der Waals surface area contributed by atoms with Crippen molar-refractivity contribution < 1.29 is 9.53 Å². The van der Waals surface area contributed by atoms with Gasteiger partial charge >= 0.3 is 0 Å². The summed E-state index contributed by atoms with van der Waals surface area (Å²) in [6, 6.07) is 7.61. The first-order valence-corrected chi connectivity index (χ1v) is 8.20. The predicted molar refractivity (Wildman–Crippen MR) is 85.7 cm³/mol. The minimum atomic E-state index is -0.387. The zero-order chi connectivity index (χ0) is 15.1. The molecule has 0 heterocycles. The van der Waals surface area contributed by atoms with Gasteiger partial charge in [0.05, 0.1) is 12.2 Å². The standard InChI is InChI=1S/C18H27NO2/c1-2-13-21-16-10-6-5-9-15(16)17(20)18(14-19)11-7-3-4-8-12-18/h5-6,9-10H,2-4,7-8,11-14,19H2,1H3. The number of ketones is 1. The predicted octanol–water partition coefficient (Wildman–Crippen LogP) is 3.96. The second kappa shape index (κ2) is 7.60. The van der Waals surface area contributed by atoms with Crippen LogP contribution in [0.1, 0.15) is 62.2 Å². The molecule has 0 atom stereocenters. The zero-order valence-electron chi connectivity index (χ0n) is 13.1. The van der Waals surface area contributed by atoms with Gasteiger partial charge in [-0.2, -0.15) is 0 Å². The molecule has 1 saturated carbocycles. The Labute approximate surface area is 127 Å². The Morgan fingerprint density at radius 3 is 2.48 bits per heavy atom. The van der Waals surface area contributed by atoms with Gasteiger partial charge < -0.3 is 10.5 Å². The van der Waals surface area contributed by atoms with Crippen LogP contribution in [-0.4, -0.2) is 18.9 Å². The summed E-state index contributed by atoms with van der Waals surface area (Å²) in [6.07, 6.45) is 7.37. The summed E-state index contributed by atoms with van der Waals surface area (Å²) < 4.78 is 5.76. The van der Waals surface area contributed by atoms with Crippen molar-refractivity contribution >= 4 is 5.78 Å². The lowest BCUT2D eigenvalue weighted by Crippen LogP contribution is -2.38. The molecule has 0 unspecified atom stereocenters. The summed E-state index contributed by atoms with van der Waals surface area (Å²) in [5, 5.41) is 0. The maximum Gasteiger partial charge on any atom is 0.173 e. The number of carbonyl (C=O) groups excluding carboxylic acids is 1. The van der Waals surface area contributed by atoms with Gasteiger partial charge in [-0.15, -0.1) is 0 Å². The highest BCUT2D eigenvalue weighted by Crippen LogP contribution is 2.39. The van der Waals surface area contributed by atoms with E-state index in [1.54, 1.807) is 0 Å². The summed E-state index contributed by atoms with van der Waals surface area (Å²) in [5.41, 5.74) is 6.35. The molecule has 0 spiro atoms. The summed E-state index contributed by atoms with van der Waals surface area (Å²) in [4.78, 5) is 13.1. The van der Waals surface area contributed by atoms with Gasteiger partial charge in [-0.25, -0.2) is 0 Å². The minimum absolute atomic E-state index is 0.179. The van der Waals surface area contributed by atoms with Gasteiger partial charge in [0.15, 0.2) is 5.78 Å². The number of para-hydroxylation sites is 1. The maximum absolute atomic E-state index is 13.1. The number of hydrogen-bond donors (Lipinski definition) is 1. The molecule has 1 aliphatic carbocycles. The van der Waals surface area contributed by atoms with Crippen molar-refractivity contribution in [1.82, 2.24) is 0 Å². The molecule has 1 aromatic rings. The lowest BCUT2D eigenvalue weighted by molar-refractivity contribution is 0.0770. The van der Waals surface area contributed by atoms with E-state index in [0.29, 0.717) is 24.5 Å². The topological polar surface area (TPSA) is 52.3 Å². The van der Waals surface area contributed by atoms with Crippen molar-refractivity contribution in [1.29, 1.82) is 0 Å². The van der Waals surface area contributed by atoms with Crippen LogP contribution in [-0.2, 0) is 0 Å². The monoisotopic (exact) mass is 289 g/mol. The molecular formula is C18H27NO2. The van der Waals surface area contributed by atoms with Gasteiger partial charge in [-0.05, 0) is 31.4 Å². The Morgan fingerprint density at radius 2 is 1.86 bits per heavy atom. The van der Waals surface area contributed by atoms with E-state index in [1.807, 2.05) is 24.3 Å². The summed E-state index contributed by atoms with van der Waals surface area (Å²) in [6.45, 7) is 3.14. The van der Waals surface area contributed by atoms with E-state index in [4.69, 9.17) is 10.5 Å². The molecule has 0 aromatic heterocycles. The molecule has 1 fully saturated rings. The molecule has 3 nitrogen and oxygen atoms in total. The fraction of sp³-hybridized carbons (Fsp3) is 0.611. The molecular weight excluding hydrogens is 262 g/mol. The van der Waals surface area contributed by atoms with Gasteiger partial charge in [0, 0.05) is 12.0 Å². The Bertz CT molecular complexity index is 462. The molecule has 0 saturated heterocycles. The van der Waals surface area contributed by atoms with E-state index >= 15 is 0 Å². The quantitative estimate of drug-likeness (QED) is 0.637. The van der Waals surface area contributed by atoms with E-state index in [0.717, 1.165) is 32.1 Å². The Morgan fingerprint density at radius 1 is 1.19 bits per heavy atom. The van der Waals surface area contributed by atoms with Gasteiger partial charge in [0.1, 0.15) is 5.75 Å². The normalized spacial score (nSPS) is 18.0. The van der Waals surface area contributed by atoms with Crippen molar-refractivity contribution in [2.75, 3.05) is 13.2 Å². The molecule has 0 amide bonds. The van der Waals surface area contributed by atoms with Gasteiger partial charge in [0.25, 0.3) is 0 Å². The summed E-state index contributed by atoms with van der Waals surface area (Å²) in [5.74, 6) is 0.889. The average Bonchev–Trinajstić information content (AvgIpc) is 2.79. The first kappa shape index (κ1) is 16.0. The minimum Gasteiger partial charge on any atom is -0.493 e. The second-order valence-electron chi connectivity index (χ2n) is 6.07. The van der Waals surface area contributed by atoms with E-state index in [1.165, 1.54) is 12.8 Å². The second-order valence-corrected chi connectivity index (χ2v) is 6.07. The molecule has 21 heavy (non-hydrogen) atoms. The van der Waals surface area contributed by atoms with Crippen LogP contribution in [0, 0.1) is 5.41 Å². The lowest BCUT2D eigenvalue weighted by atomic mass is 9.74. The number of ether oxygens (including phenoxy) is 1. The van der Waals surface area contributed by atoms with Gasteiger partial charge in [-0.3, -0.25) is 4.79 Å². The van der Waals surface area contributed by atoms with Crippen molar-refractivity contribution in [3.05, 3.63) is 29.8 Å². The average molecular weight is 289 g/mol. The summed E-state index contributed by atoms with van der Waals surface area (Å²) in [7, 11) is 0. The Kier molecular flexibility index (Phi) is 5.80. The highest BCUT2D eigenvalue weighted by molar-refractivity contribution is 6.03. The molecule has 1 aromatic carbocycles. The zero-order valence-corrected chi connectivity index (χ0v) is 13.1. The van der Waals surface area contributed by atoms with Gasteiger partial charge in [0.2, 0.25) is 0 Å². The third kappa shape index (κ3) is 3.65. The fourth-order valence-electron chi connectivity index (χ4n) is 3.21. The molecule has 0 aliphatic heterocycles. The van der Waals surface area contributed by atoms with E-state index in [9.17, 15) is 4.79 Å². The van der Waals surface area contributed by atoms with Crippen LogP contribution in [0.2, 0.25) is 0 Å². The van der Waals surface area contributed by atoms with Crippen molar-refractivity contribution in [3.63, 3.8) is 0 Å². The Hall–Kier alpha value is -1.35. The van der Waals surface area contributed by atoms with Crippen LogP contribution in [0.15, 0.2) is 24.3 Å². The third-order valence-electron chi connectivity index (χ3n) is 4.53. The molecule has 2 rings (SSSR count). The Balaban J connectivity index is 2.28. The number of nitrogens with two attached hydrogens (primary N) is 1. The van der Waals surface area contributed by atoms with Gasteiger partial charge in [-0.1, -0.05) is 44.7 Å². The molecule has 2 N–H and O–H groups in total. The van der Waals surface area contributed by atoms with Crippen LogP contribution in [0.3, 0.4) is 0 Å². The highest BCUT2D eigenvalue weighted by Gasteiger charge is 2.38. The molecule has 0 bridgehead atoms. The van der Waals surface area contributed by atoms with Crippen LogP contribution >= 0.6 is 0 Å². The molecule has 0 radical (unpaired) electrons. The number of benzene rings is 1. The molecule has 1 aliphatic rings. The van der Waals surface area contributed by atoms with E-state index in [-0.39, 0.29) is 11.2 Å². The SMILES string of the molecule is CCCOc1ccccc1C(=O)C1(CN)CCCCCC1. The number of carbonyl (C=O) groups is 1. The van der Waals surface area contributed by atoms with Crippen molar-refractivity contribution in [2.45, 2.75) is 51.9 Å². The number of rotatable bonds is 6. The summed E-state index contributed by atoms with van der Waals surface area (Å²) >= 11 is 0. The number of hydrogen-bond acceptors (Lipinski definition) is 3. The largest absolute Gasteiger partial charge is 0.493 e. The first-order chi connectivity index (χ1) is 10.2. The van der Waals surface area contributed by atoms with Crippen LogP contribution in [0.5, 0.6) is 5.75 Å². The van der Waals surface area contributed by atoms with Crippen LogP contribution < -0.4 is 10.5 Å². The molecule has 116 valence electrons. The highest BCUT2D eigenvalue weighted by atomic mass is 16.5. The van der Waals surface area contributed by atoms with Crippen molar-refractivity contribution in [3.8, 4) is 5.75 Å². The number of Topliss-reactive ketones (excluding diaryl/α,β-unsaturated/α-hetero) is 1. The smallest absolute Gasteiger partial charge is 0.173 e. The van der Waals surface area contributed by atoms with E-state index < -0.39 is 0 Å². The third-order valence-corrected chi connectivity index (χ3v) is 4.53. The lowest BCUT2D eigenvalue weighted by Gasteiger charge is -2.30. The molecule has 3 heteroatoms. The first-order valence-electron chi connectivity index (χ1n) is 8.20. The van der Waals surface area contributed by atoms with Crippen LogP contribution in [0.25, 0.3) is 0 Å². The fourth-order valence-corrected chi connectivity index (χ4v) is 3.21. The van der Waals surface area contributed by atoms with Crippen molar-refractivity contribution in [2.24, 2.45) is 11.1 Å². The van der Waals surface area contributed by atoms with E-state index in [2.05, 4.69) is 6.92 Å². The maximum atomic E-state index is 13.1. The van der Waals surface area contributed by atoms with Crippen LogP contribution in [0.4, 0.5) is 0 Å².